The first kappa shape index (κ1) is 13.6. The lowest BCUT2D eigenvalue weighted by Crippen LogP contribution is -2.17. The molecular formula is C16H21N3S. The van der Waals surface area contributed by atoms with E-state index in [0.717, 1.165) is 31.1 Å². The third-order valence-electron chi connectivity index (χ3n) is 3.83. The smallest absolute Gasteiger partial charge is 0.0897 e. The highest BCUT2D eigenvalue weighted by Crippen LogP contribution is 2.27. The first-order valence-electron chi connectivity index (χ1n) is 7.17. The van der Waals surface area contributed by atoms with Gasteiger partial charge < -0.3 is 10.2 Å². The molecule has 0 amide bonds. The normalized spacial score (nSPS) is 13.8. The van der Waals surface area contributed by atoms with Gasteiger partial charge in [0.1, 0.15) is 0 Å². The third kappa shape index (κ3) is 3.02. The molecule has 1 aliphatic heterocycles. The summed E-state index contributed by atoms with van der Waals surface area (Å²) in [6.07, 6.45) is 2.19. The van der Waals surface area contributed by atoms with E-state index >= 15 is 0 Å². The highest BCUT2D eigenvalue weighted by atomic mass is 32.1. The molecule has 0 radical (unpaired) electrons. The quantitative estimate of drug-likeness (QED) is 0.857. The van der Waals surface area contributed by atoms with Crippen molar-refractivity contribution in [1.82, 2.24) is 10.3 Å². The molecular weight excluding hydrogens is 266 g/mol. The highest BCUT2D eigenvalue weighted by molar-refractivity contribution is 7.09. The summed E-state index contributed by atoms with van der Waals surface area (Å²) in [6, 6.07) is 6.84. The van der Waals surface area contributed by atoms with Gasteiger partial charge in [0.15, 0.2) is 0 Å². The Bertz CT molecular complexity index is 591. The zero-order chi connectivity index (χ0) is 13.9. The summed E-state index contributed by atoms with van der Waals surface area (Å²) in [5, 5.41) is 6.82. The maximum absolute atomic E-state index is 4.48. The number of benzene rings is 1. The summed E-state index contributed by atoms with van der Waals surface area (Å²) in [7, 11) is 2.17. The minimum atomic E-state index is 0.945. The number of hydrogen-bond acceptors (Lipinski definition) is 4. The molecule has 1 aliphatic rings. The summed E-state index contributed by atoms with van der Waals surface area (Å²) in [5.41, 5.74) is 5.47. The van der Waals surface area contributed by atoms with Gasteiger partial charge >= 0.3 is 0 Å². The molecule has 1 aromatic carbocycles. The van der Waals surface area contributed by atoms with E-state index in [1.165, 1.54) is 28.9 Å². The largest absolute Gasteiger partial charge is 0.374 e. The lowest BCUT2D eigenvalue weighted by atomic mass is 10.1. The second kappa shape index (κ2) is 5.94. The number of likely N-dealkylation sites (N-methyl/N-ethyl adjacent to an activating group) is 1. The first-order chi connectivity index (χ1) is 9.72. The molecule has 1 aromatic heterocycles. The SMILES string of the molecule is Cc1nc(CCNCc2ccc3c(c2)CCN3C)cs1. The lowest BCUT2D eigenvalue weighted by Gasteiger charge is -2.12. The fourth-order valence-electron chi connectivity index (χ4n) is 2.70. The molecule has 0 aliphatic carbocycles. The summed E-state index contributed by atoms with van der Waals surface area (Å²) in [6.45, 7) is 5.14. The zero-order valence-electron chi connectivity index (χ0n) is 12.1. The molecule has 2 heterocycles. The van der Waals surface area contributed by atoms with Gasteiger partial charge in [-0.15, -0.1) is 11.3 Å². The standard InChI is InChI=1S/C16H21N3S/c1-12-18-15(11-20-12)5-7-17-10-13-3-4-16-14(9-13)6-8-19(16)2/h3-4,9,11,17H,5-8,10H2,1-2H3. The average Bonchev–Trinajstić information content (AvgIpc) is 3.02. The van der Waals surface area contributed by atoms with Gasteiger partial charge in [-0.05, 0) is 30.5 Å². The van der Waals surface area contributed by atoms with Crippen LogP contribution in [0.3, 0.4) is 0 Å². The van der Waals surface area contributed by atoms with E-state index < -0.39 is 0 Å². The Morgan fingerprint density at radius 3 is 3.10 bits per heavy atom. The molecule has 0 spiro atoms. The van der Waals surface area contributed by atoms with Gasteiger partial charge in [0, 0.05) is 44.2 Å². The predicted octanol–water partition coefficient (Wildman–Crippen LogP) is 2.78. The topological polar surface area (TPSA) is 28.2 Å². The van der Waals surface area contributed by atoms with Crippen molar-refractivity contribution in [3.05, 3.63) is 45.4 Å². The third-order valence-corrected chi connectivity index (χ3v) is 4.65. The number of nitrogens with one attached hydrogen (secondary N) is 1. The van der Waals surface area contributed by atoms with E-state index in [2.05, 4.69) is 52.8 Å². The highest BCUT2D eigenvalue weighted by Gasteiger charge is 2.15. The van der Waals surface area contributed by atoms with Crippen LogP contribution in [0.15, 0.2) is 23.6 Å². The molecule has 1 N–H and O–H groups in total. The monoisotopic (exact) mass is 287 g/mol. The zero-order valence-corrected chi connectivity index (χ0v) is 13.0. The molecule has 0 bridgehead atoms. The van der Waals surface area contributed by atoms with Gasteiger partial charge in [-0.2, -0.15) is 0 Å². The van der Waals surface area contributed by atoms with Crippen molar-refractivity contribution in [2.75, 3.05) is 25.0 Å². The van der Waals surface area contributed by atoms with Crippen molar-refractivity contribution in [3.8, 4) is 0 Å². The minimum absolute atomic E-state index is 0.945. The van der Waals surface area contributed by atoms with E-state index in [0.29, 0.717) is 0 Å². The summed E-state index contributed by atoms with van der Waals surface area (Å²) in [4.78, 5) is 6.81. The summed E-state index contributed by atoms with van der Waals surface area (Å²) >= 11 is 1.73. The van der Waals surface area contributed by atoms with Gasteiger partial charge in [-0.3, -0.25) is 0 Å². The number of thiazole rings is 1. The van der Waals surface area contributed by atoms with Gasteiger partial charge in [0.2, 0.25) is 0 Å². The Morgan fingerprint density at radius 1 is 1.40 bits per heavy atom. The van der Waals surface area contributed by atoms with E-state index in [1.807, 2.05) is 0 Å². The van der Waals surface area contributed by atoms with Gasteiger partial charge in [0.25, 0.3) is 0 Å². The van der Waals surface area contributed by atoms with Gasteiger partial charge in [-0.1, -0.05) is 12.1 Å². The van der Waals surface area contributed by atoms with Crippen LogP contribution in [0.25, 0.3) is 0 Å². The average molecular weight is 287 g/mol. The molecule has 0 atom stereocenters. The van der Waals surface area contributed by atoms with E-state index in [-0.39, 0.29) is 0 Å². The molecule has 3 nitrogen and oxygen atoms in total. The fraction of sp³-hybridized carbons (Fsp3) is 0.438. The van der Waals surface area contributed by atoms with Crippen LogP contribution < -0.4 is 10.2 Å². The number of aromatic nitrogens is 1. The molecule has 20 heavy (non-hydrogen) atoms. The number of aryl methyl sites for hydroxylation is 1. The number of fused-ring (bicyclic) bond motifs is 1. The number of anilines is 1. The van der Waals surface area contributed by atoms with Crippen LogP contribution in [0.1, 0.15) is 21.8 Å². The molecule has 2 aromatic rings. The number of rotatable bonds is 5. The van der Waals surface area contributed by atoms with Crippen molar-refractivity contribution >= 4 is 17.0 Å². The van der Waals surface area contributed by atoms with Gasteiger partial charge in [0.05, 0.1) is 10.7 Å². The van der Waals surface area contributed by atoms with Crippen LogP contribution >= 0.6 is 11.3 Å². The second-order valence-corrected chi connectivity index (χ2v) is 6.48. The minimum Gasteiger partial charge on any atom is -0.374 e. The van der Waals surface area contributed by atoms with Crippen LogP contribution in [0.5, 0.6) is 0 Å². The summed E-state index contributed by atoms with van der Waals surface area (Å²) < 4.78 is 0. The van der Waals surface area contributed by atoms with Crippen molar-refractivity contribution < 1.29 is 0 Å². The maximum atomic E-state index is 4.48. The predicted molar refractivity (Wildman–Crippen MR) is 85.7 cm³/mol. The van der Waals surface area contributed by atoms with Crippen LogP contribution in [-0.4, -0.2) is 25.1 Å². The molecule has 3 rings (SSSR count). The Kier molecular flexibility index (Phi) is 4.03. The molecule has 4 heteroatoms. The van der Waals surface area contributed by atoms with E-state index in [9.17, 15) is 0 Å². The summed E-state index contributed by atoms with van der Waals surface area (Å²) in [5.74, 6) is 0. The van der Waals surface area contributed by atoms with Crippen LogP contribution in [0, 0.1) is 6.92 Å². The molecule has 0 saturated carbocycles. The molecule has 0 saturated heterocycles. The maximum Gasteiger partial charge on any atom is 0.0897 e. The molecule has 106 valence electrons. The van der Waals surface area contributed by atoms with Crippen molar-refractivity contribution in [2.24, 2.45) is 0 Å². The van der Waals surface area contributed by atoms with Crippen LogP contribution in [-0.2, 0) is 19.4 Å². The van der Waals surface area contributed by atoms with Crippen molar-refractivity contribution in [3.63, 3.8) is 0 Å². The number of hydrogen-bond donors (Lipinski definition) is 1. The van der Waals surface area contributed by atoms with Crippen LogP contribution in [0.4, 0.5) is 5.69 Å². The van der Waals surface area contributed by atoms with E-state index in [4.69, 9.17) is 0 Å². The Hall–Kier alpha value is -1.39. The molecule has 0 fully saturated rings. The first-order valence-corrected chi connectivity index (χ1v) is 8.05. The van der Waals surface area contributed by atoms with Crippen molar-refractivity contribution in [2.45, 2.75) is 26.3 Å². The lowest BCUT2D eigenvalue weighted by molar-refractivity contribution is 0.680. The fourth-order valence-corrected chi connectivity index (χ4v) is 3.35. The Labute approximate surface area is 124 Å². The van der Waals surface area contributed by atoms with Crippen LogP contribution in [0.2, 0.25) is 0 Å². The van der Waals surface area contributed by atoms with E-state index in [1.54, 1.807) is 11.3 Å². The van der Waals surface area contributed by atoms with Gasteiger partial charge in [-0.25, -0.2) is 4.98 Å². The molecule has 0 unspecified atom stereocenters. The van der Waals surface area contributed by atoms with Crippen molar-refractivity contribution in [1.29, 1.82) is 0 Å². The Balaban J connectivity index is 1.49. The Morgan fingerprint density at radius 2 is 2.30 bits per heavy atom. The second-order valence-electron chi connectivity index (χ2n) is 5.42. The number of nitrogens with zero attached hydrogens (tertiary/aromatic N) is 2.